The van der Waals surface area contributed by atoms with Crippen molar-refractivity contribution in [2.24, 2.45) is 0 Å². The van der Waals surface area contributed by atoms with Crippen LogP contribution in [0.25, 0.3) is 0 Å². The average Bonchev–Trinajstić information content (AvgIpc) is 2.61. The first-order chi connectivity index (χ1) is 11.4. The molecule has 0 bridgehead atoms. The fourth-order valence-electron chi connectivity index (χ4n) is 2.70. The van der Waals surface area contributed by atoms with Crippen LogP contribution in [0.2, 0.25) is 0 Å². The van der Waals surface area contributed by atoms with Gasteiger partial charge in [-0.3, -0.25) is 4.79 Å². The largest absolute Gasteiger partial charge is 0.495 e. The Balaban J connectivity index is 1.94. The number of sulfonamides is 1. The van der Waals surface area contributed by atoms with Crippen molar-refractivity contribution < 1.29 is 17.9 Å². The maximum atomic E-state index is 12.3. The number of methoxy groups -OCH3 is 1. The zero-order valence-electron chi connectivity index (χ0n) is 14.4. The highest BCUT2D eigenvalue weighted by Gasteiger charge is 2.26. The lowest BCUT2D eigenvalue weighted by Crippen LogP contribution is -2.51. The van der Waals surface area contributed by atoms with Gasteiger partial charge in [-0.1, -0.05) is 12.1 Å². The minimum absolute atomic E-state index is 0.00163. The summed E-state index contributed by atoms with van der Waals surface area (Å²) < 4.78 is 30.0. The third kappa shape index (κ3) is 4.18. The minimum atomic E-state index is -3.34. The fraction of sp³-hybridized carbons (Fsp3) is 0.562. The smallest absolute Gasteiger partial charge is 0.238 e. The second-order valence-corrected chi connectivity index (χ2v) is 8.06. The van der Waals surface area contributed by atoms with Gasteiger partial charge in [0.15, 0.2) is 0 Å². The van der Waals surface area contributed by atoms with Crippen LogP contribution in [0.3, 0.4) is 0 Å². The zero-order valence-corrected chi connectivity index (χ0v) is 15.3. The van der Waals surface area contributed by atoms with Crippen LogP contribution in [0.15, 0.2) is 24.3 Å². The molecule has 7 nitrogen and oxygen atoms in total. The molecule has 2 rings (SSSR count). The molecule has 1 aromatic carbocycles. The van der Waals surface area contributed by atoms with Gasteiger partial charge >= 0.3 is 0 Å². The number of carbonyl (C=O) groups excluding carboxylic acids is 1. The molecule has 0 unspecified atom stereocenters. The lowest BCUT2D eigenvalue weighted by atomic mass is 10.2. The van der Waals surface area contributed by atoms with Crippen LogP contribution in [0, 0.1) is 0 Å². The number of anilines is 1. The number of nitrogens with zero attached hydrogens (tertiary/aromatic N) is 3. The Bertz CT molecular complexity index is 670. The van der Waals surface area contributed by atoms with Gasteiger partial charge in [-0.2, -0.15) is 4.31 Å². The summed E-state index contributed by atoms with van der Waals surface area (Å²) in [6.45, 7) is 3.98. The van der Waals surface area contributed by atoms with Gasteiger partial charge in [0.05, 0.1) is 25.1 Å². The van der Waals surface area contributed by atoms with E-state index in [1.54, 1.807) is 18.9 Å². The number of hydrogen-bond donors (Lipinski definition) is 0. The highest BCUT2D eigenvalue weighted by atomic mass is 32.2. The van der Waals surface area contributed by atoms with Crippen molar-refractivity contribution in [3.05, 3.63) is 24.3 Å². The van der Waals surface area contributed by atoms with Crippen LogP contribution in [0.4, 0.5) is 5.69 Å². The summed E-state index contributed by atoms with van der Waals surface area (Å²) in [7, 11) is -0.248. The lowest BCUT2D eigenvalue weighted by molar-refractivity contribution is -0.131. The fourth-order valence-corrected chi connectivity index (χ4v) is 3.44. The van der Waals surface area contributed by atoms with Crippen molar-refractivity contribution >= 4 is 21.6 Å². The van der Waals surface area contributed by atoms with Crippen molar-refractivity contribution in [1.82, 2.24) is 9.21 Å². The third-order valence-corrected chi connectivity index (χ3v) is 6.06. The van der Waals surface area contributed by atoms with Crippen molar-refractivity contribution in [3.8, 4) is 5.75 Å². The summed E-state index contributed by atoms with van der Waals surface area (Å²) in [5.41, 5.74) is 1.01. The van der Waals surface area contributed by atoms with Crippen LogP contribution >= 0.6 is 0 Å². The van der Waals surface area contributed by atoms with E-state index < -0.39 is 10.0 Å². The van der Waals surface area contributed by atoms with Crippen LogP contribution in [-0.2, 0) is 14.8 Å². The van der Waals surface area contributed by atoms with Gasteiger partial charge in [0.25, 0.3) is 0 Å². The molecule has 1 aliphatic heterocycles. The Morgan fingerprint density at radius 1 is 1.21 bits per heavy atom. The van der Waals surface area contributed by atoms with Crippen LogP contribution < -0.4 is 9.64 Å². The number of amides is 1. The van der Waals surface area contributed by atoms with Crippen molar-refractivity contribution in [1.29, 1.82) is 0 Å². The summed E-state index contributed by atoms with van der Waals surface area (Å²) in [5, 5.41) is 0. The third-order valence-electron chi connectivity index (χ3n) is 4.26. The Labute approximate surface area is 143 Å². The van der Waals surface area contributed by atoms with Crippen LogP contribution in [0.1, 0.15) is 6.92 Å². The maximum absolute atomic E-state index is 12.3. The molecule has 0 aromatic heterocycles. The SMILES string of the molecule is CCS(=O)(=O)N(C)CC(=O)N1CCN(c2ccccc2OC)CC1. The normalized spacial score (nSPS) is 15.7. The first kappa shape index (κ1) is 18.5. The van der Waals surface area contributed by atoms with E-state index in [1.807, 2.05) is 24.3 Å². The highest BCUT2D eigenvalue weighted by molar-refractivity contribution is 7.89. The molecule has 1 fully saturated rings. The Hall–Kier alpha value is -1.80. The molecular formula is C16H25N3O4S. The van der Waals surface area contributed by atoms with Gasteiger partial charge in [0, 0.05) is 33.2 Å². The molecule has 8 heteroatoms. The number of rotatable bonds is 6. The molecule has 1 aromatic rings. The first-order valence-corrected chi connectivity index (χ1v) is 9.59. The van der Waals surface area contributed by atoms with Crippen molar-refractivity contribution in [3.63, 3.8) is 0 Å². The minimum Gasteiger partial charge on any atom is -0.495 e. The molecule has 0 spiro atoms. The lowest BCUT2D eigenvalue weighted by Gasteiger charge is -2.37. The second kappa shape index (κ2) is 7.85. The summed E-state index contributed by atoms with van der Waals surface area (Å²) in [6, 6.07) is 7.79. The van der Waals surface area contributed by atoms with Gasteiger partial charge in [-0.05, 0) is 19.1 Å². The molecule has 1 amide bonds. The van der Waals surface area contributed by atoms with E-state index in [-0.39, 0.29) is 18.2 Å². The van der Waals surface area contributed by atoms with Crippen molar-refractivity contribution in [2.45, 2.75) is 6.92 Å². The topological polar surface area (TPSA) is 70.2 Å². The predicted octanol–water partition coefficient (Wildman–Crippen LogP) is 0.625. The number of likely N-dealkylation sites (N-methyl/N-ethyl adjacent to an activating group) is 1. The summed E-state index contributed by atoms with van der Waals surface area (Å²) in [5.74, 6) is 0.651. The number of ether oxygens (including phenoxy) is 1. The zero-order chi connectivity index (χ0) is 17.7. The molecule has 0 aliphatic carbocycles. The standard InChI is InChI=1S/C16H25N3O4S/c1-4-24(21,22)17(2)13-16(20)19-11-9-18(10-12-19)14-7-5-6-8-15(14)23-3/h5-8H,4,9-13H2,1-3H3. The van der Waals surface area contributed by atoms with E-state index in [0.717, 1.165) is 15.7 Å². The van der Waals surface area contributed by atoms with Crippen LogP contribution in [-0.4, -0.2) is 76.2 Å². The maximum Gasteiger partial charge on any atom is 0.238 e. The summed E-state index contributed by atoms with van der Waals surface area (Å²) in [4.78, 5) is 16.2. The van der Waals surface area contributed by atoms with Gasteiger partial charge in [-0.15, -0.1) is 0 Å². The summed E-state index contributed by atoms with van der Waals surface area (Å²) >= 11 is 0. The Kier molecular flexibility index (Phi) is 6.06. The second-order valence-electron chi connectivity index (χ2n) is 5.70. The number of piperazine rings is 1. The molecule has 0 saturated carbocycles. The van der Waals surface area contributed by atoms with E-state index in [9.17, 15) is 13.2 Å². The van der Waals surface area contributed by atoms with Crippen LogP contribution in [0.5, 0.6) is 5.75 Å². The molecule has 0 atom stereocenters. The Morgan fingerprint density at radius 3 is 2.42 bits per heavy atom. The van der Waals surface area contributed by atoms with Gasteiger partial charge < -0.3 is 14.5 Å². The number of para-hydroxylation sites is 2. The van der Waals surface area contributed by atoms with E-state index in [1.165, 1.54) is 7.05 Å². The number of carbonyl (C=O) groups is 1. The van der Waals surface area contributed by atoms with Crippen molar-refractivity contribution in [2.75, 3.05) is 57.5 Å². The molecule has 134 valence electrons. The molecular weight excluding hydrogens is 330 g/mol. The number of hydrogen-bond acceptors (Lipinski definition) is 5. The number of benzene rings is 1. The monoisotopic (exact) mass is 355 g/mol. The molecule has 0 radical (unpaired) electrons. The quantitative estimate of drug-likeness (QED) is 0.748. The van der Waals surface area contributed by atoms with E-state index in [0.29, 0.717) is 26.2 Å². The van der Waals surface area contributed by atoms with Gasteiger partial charge in [-0.25, -0.2) is 8.42 Å². The molecule has 1 aliphatic rings. The Morgan fingerprint density at radius 2 is 1.83 bits per heavy atom. The van der Waals surface area contributed by atoms with Gasteiger partial charge in [0.2, 0.25) is 15.9 Å². The molecule has 24 heavy (non-hydrogen) atoms. The molecule has 1 heterocycles. The van der Waals surface area contributed by atoms with E-state index in [2.05, 4.69) is 4.90 Å². The predicted molar refractivity (Wildman–Crippen MR) is 93.9 cm³/mol. The van der Waals surface area contributed by atoms with E-state index >= 15 is 0 Å². The highest BCUT2D eigenvalue weighted by Crippen LogP contribution is 2.28. The first-order valence-electron chi connectivity index (χ1n) is 7.98. The van der Waals surface area contributed by atoms with E-state index in [4.69, 9.17) is 4.74 Å². The molecule has 1 saturated heterocycles. The van der Waals surface area contributed by atoms with Gasteiger partial charge in [0.1, 0.15) is 5.75 Å². The molecule has 0 N–H and O–H groups in total. The summed E-state index contributed by atoms with van der Waals surface area (Å²) in [6.07, 6.45) is 0. The average molecular weight is 355 g/mol.